The van der Waals surface area contributed by atoms with Gasteiger partial charge < -0.3 is 15.1 Å². The minimum atomic E-state index is 0.377. The van der Waals surface area contributed by atoms with Gasteiger partial charge in [0.2, 0.25) is 5.91 Å². The monoisotopic (exact) mass is 440 g/mol. The third-order valence-corrected chi connectivity index (χ3v) is 8.05. The number of piperazine rings is 1. The molecule has 0 aromatic carbocycles. The van der Waals surface area contributed by atoms with Crippen LogP contribution in [0.5, 0.6) is 0 Å². The van der Waals surface area contributed by atoms with E-state index in [1.54, 1.807) is 6.33 Å². The van der Waals surface area contributed by atoms with E-state index < -0.39 is 0 Å². The number of carbonyl (C=O) groups excluding carboxylic acids is 1. The lowest BCUT2D eigenvalue weighted by molar-refractivity contribution is -0.133. The Morgan fingerprint density at radius 3 is 2.38 bits per heavy atom. The average molecular weight is 441 g/mol. The maximum Gasteiger partial charge on any atom is 0.222 e. The molecule has 32 heavy (non-hydrogen) atoms. The molecule has 5 rings (SSSR count). The zero-order valence-electron chi connectivity index (χ0n) is 19.6. The summed E-state index contributed by atoms with van der Waals surface area (Å²) in [6, 6.07) is 3.48. The Morgan fingerprint density at radius 2 is 1.66 bits per heavy atom. The van der Waals surface area contributed by atoms with Crippen molar-refractivity contribution in [2.75, 3.05) is 49.5 Å². The Morgan fingerprint density at radius 1 is 0.906 bits per heavy atom. The van der Waals surface area contributed by atoms with Gasteiger partial charge in [-0.2, -0.15) is 0 Å². The van der Waals surface area contributed by atoms with Crippen molar-refractivity contribution < 1.29 is 4.79 Å². The van der Waals surface area contributed by atoms with E-state index in [1.165, 1.54) is 44.9 Å². The van der Waals surface area contributed by atoms with E-state index in [1.807, 2.05) is 0 Å². The van der Waals surface area contributed by atoms with Gasteiger partial charge in [-0.15, -0.1) is 0 Å². The SMILES string of the molecule is O=C(CCC1CCN(c2cc(NC3CC3)ncn2)CC1)N1CCN(C2CCCCC2)CC1. The Bertz CT molecular complexity index is 747. The standard InChI is InChI=1S/C25H40N6O/c32-25(31-16-14-29(15-17-31)22-4-2-1-3-5-22)9-6-20-10-12-30(13-11-20)24-18-23(26-19-27-24)28-21-7-8-21/h18-22H,1-17H2,(H,26,27,28). The van der Waals surface area contributed by atoms with Crippen molar-refractivity contribution in [3.8, 4) is 0 Å². The second kappa shape index (κ2) is 10.4. The lowest BCUT2D eigenvalue weighted by Crippen LogP contribution is -2.52. The molecule has 1 amide bonds. The van der Waals surface area contributed by atoms with Crippen LogP contribution in [0.15, 0.2) is 12.4 Å². The Kier molecular flexibility index (Phi) is 7.10. The van der Waals surface area contributed by atoms with Gasteiger partial charge in [-0.25, -0.2) is 9.97 Å². The van der Waals surface area contributed by atoms with Crippen LogP contribution < -0.4 is 10.2 Å². The zero-order chi connectivity index (χ0) is 21.8. The van der Waals surface area contributed by atoms with Gasteiger partial charge in [0.15, 0.2) is 0 Å². The molecular weight excluding hydrogens is 400 g/mol. The van der Waals surface area contributed by atoms with Crippen LogP contribution in [-0.2, 0) is 4.79 Å². The normalized spacial score (nSPS) is 24.0. The van der Waals surface area contributed by atoms with Crippen LogP contribution >= 0.6 is 0 Å². The average Bonchev–Trinajstić information content (AvgIpc) is 3.68. The number of rotatable bonds is 7. The molecule has 7 nitrogen and oxygen atoms in total. The van der Waals surface area contributed by atoms with Gasteiger partial charge in [-0.05, 0) is 50.9 Å². The summed E-state index contributed by atoms with van der Waals surface area (Å²) in [5.74, 6) is 3.02. The van der Waals surface area contributed by atoms with Gasteiger partial charge in [0.05, 0.1) is 0 Å². The Balaban J connectivity index is 1.01. The summed E-state index contributed by atoms with van der Waals surface area (Å²) in [6.07, 6.45) is 15.1. The Hall–Kier alpha value is -1.89. The molecule has 1 N–H and O–H groups in total. The summed E-state index contributed by atoms with van der Waals surface area (Å²) in [5, 5.41) is 3.47. The summed E-state index contributed by atoms with van der Waals surface area (Å²) >= 11 is 0. The van der Waals surface area contributed by atoms with Gasteiger partial charge in [-0.1, -0.05) is 19.3 Å². The molecule has 0 spiro atoms. The van der Waals surface area contributed by atoms with Gasteiger partial charge >= 0.3 is 0 Å². The van der Waals surface area contributed by atoms with Crippen molar-refractivity contribution >= 4 is 17.5 Å². The minimum Gasteiger partial charge on any atom is -0.367 e. The maximum atomic E-state index is 12.8. The fourth-order valence-electron chi connectivity index (χ4n) is 5.75. The van der Waals surface area contributed by atoms with Crippen LogP contribution in [0, 0.1) is 5.92 Å². The second-order valence-electron chi connectivity index (χ2n) is 10.4. The van der Waals surface area contributed by atoms with Crippen molar-refractivity contribution in [2.45, 2.75) is 82.7 Å². The van der Waals surface area contributed by atoms with Crippen molar-refractivity contribution in [2.24, 2.45) is 5.92 Å². The van der Waals surface area contributed by atoms with E-state index in [9.17, 15) is 4.79 Å². The van der Waals surface area contributed by atoms with Crippen LogP contribution in [0.2, 0.25) is 0 Å². The molecule has 4 aliphatic rings. The summed E-state index contributed by atoms with van der Waals surface area (Å²) < 4.78 is 0. The van der Waals surface area contributed by atoms with Crippen LogP contribution in [0.4, 0.5) is 11.6 Å². The molecule has 176 valence electrons. The second-order valence-corrected chi connectivity index (χ2v) is 10.4. The molecule has 7 heteroatoms. The van der Waals surface area contributed by atoms with E-state index in [0.717, 1.165) is 82.6 Å². The predicted molar refractivity (Wildman–Crippen MR) is 128 cm³/mol. The number of hydrogen-bond donors (Lipinski definition) is 1. The fourth-order valence-corrected chi connectivity index (χ4v) is 5.75. The number of aromatic nitrogens is 2. The van der Waals surface area contributed by atoms with E-state index >= 15 is 0 Å². The topological polar surface area (TPSA) is 64.6 Å². The molecule has 2 aliphatic heterocycles. The largest absolute Gasteiger partial charge is 0.367 e. The van der Waals surface area contributed by atoms with E-state index in [0.29, 0.717) is 17.9 Å². The first kappa shape index (κ1) is 21.9. The van der Waals surface area contributed by atoms with Crippen LogP contribution in [0.25, 0.3) is 0 Å². The number of nitrogens with one attached hydrogen (secondary N) is 1. The van der Waals surface area contributed by atoms with Crippen molar-refractivity contribution in [3.05, 3.63) is 12.4 Å². The molecule has 2 saturated carbocycles. The molecule has 0 atom stereocenters. The van der Waals surface area contributed by atoms with Crippen molar-refractivity contribution in [1.82, 2.24) is 19.8 Å². The molecule has 2 aliphatic carbocycles. The summed E-state index contributed by atoms with van der Waals surface area (Å²) in [4.78, 5) is 28.8. The van der Waals surface area contributed by atoms with E-state index in [-0.39, 0.29) is 0 Å². The first-order valence-corrected chi connectivity index (χ1v) is 13.1. The first-order chi connectivity index (χ1) is 15.7. The highest BCUT2D eigenvalue weighted by molar-refractivity contribution is 5.76. The zero-order valence-corrected chi connectivity index (χ0v) is 19.6. The molecule has 2 saturated heterocycles. The van der Waals surface area contributed by atoms with Gasteiger partial charge in [-0.3, -0.25) is 9.69 Å². The molecule has 3 heterocycles. The summed E-state index contributed by atoms with van der Waals surface area (Å²) in [5.41, 5.74) is 0. The molecule has 4 fully saturated rings. The number of piperidine rings is 1. The van der Waals surface area contributed by atoms with Crippen molar-refractivity contribution in [1.29, 1.82) is 0 Å². The highest BCUT2D eigenvalue weighted by atomic mass is 16.2. The highest BCUT2D eigenvalue weighted by Crippen LogP contribution is 2.28. The quantitative estimate of drug-likeness (QED) is 0.700. The number of anilines is 2. The third kappa shape index (κ3) is 5.72. The third-order valence-electron chi connectivity index (χ3n) is 8.05. The number of hydrogen-bond acceptors (Lipinski definition) is 6. The highest BCUT2D eigenvalue weighted by Gasteiger charge is 2.28. The Labute approximate surface area is 193 Å². The van der Waals surface area contributed by atoms with Crippen molar-refractivity contribution in [3.63, 3.8) is 0 Å². The predicted octanol–water partition coefficient (Wildman–Crippen LogP) is 3.52. The molecule has 0 unspecified atom stereocenters. The lowest BCUT2D eigenvalue weighted by Gasteiger charge is -2.41. The lowest BCUT2D eigenvalue weighted by atomic mass is 9.91. The first-order valence-electron chi connectivity index (χ1n) is 13.1. The smallest absolute Gasteiger partial charge is 0.222 e. The fraction of sp³-hybridized carbons (Fsp3) is 0.800. The van der Waals surface area contributed by atoms with Gasteiger partial charge in [0.25, 0.3) is 0 Å². The summed E-state index contributed by atoms with van der Waals surface area (Å²) in [6.45, 7) is 6.06. The summed E-state index contributed by atoms with van der Waals surface area (Å²) in [7, 11) is 0. The number of amides is 1. The van der Waals surface area contributed by atoms with Crippen LogP contribution in [0.1, 0.15) is 70.6 Å². The molecule has 1 aromatic rings. The van der Waals surface area contributed by atoms with Crippen LogP contribution in [-0.4, -0.2) is 77.0 Å². The molecule has 1 aromatic heterocycles. The number of nitrogens with zero attached hydrogens (tertiary/aromatic N) is 5. The molecular formula is C25H40N6O. The van der Waals surface area contributed by atoms with E-state index in [2.05, 4.69) is 36.1 Å². The van der Waals surface area contributed by atoms with Gasteiger partial charge in [0, 0.05) is 63.8 Å². The molecule has 0 radical (unpaired) electrons. The number of carbonyl (C=O) groups is 1. The molecule has 0 bridgehead atoms. The van der Waals surface area contributed by atoms with Gasteiger partial charge in [0.1, 0.15) is 18.0 Å². The van der Waals surface area contributed by atoms with E-state index in [4.69, 9.17) is 0 Å². The minimum absolute atomic E-state index is 0.377. The van der Waals surface area contributed by atoms with Crippen LogP contribution in [0.3, 0.4) is 0 Å². The maximum absolute atomic E-state index is 12.8.